The van der Waals surface area contributed by atoms with Gasteiger partial charge in [0.15, 0.2) is 0 Å². The number of nitrogens with two attached hydrogens (primary N) is 2. The molecule has 1 amide bonds. The van der Waals surface area contributed by atoms with Gasteiger partial charge in [0.2, 0.25) is 5.91 Å². The van der Waals surface area contributed by atoms with Gasteiger partial charge in [0.25, 0.3) is 0 Å². The molecule has 42 heavy (non-hydrogen) atoms. The van der Waals surface area contributed by atoms with E-state index < -0.39 is 16.9 Å². The summed E-state index contributed by atoms with van der Waals surface area (Å²) in [6.07, 6.45) is 20.2. The molecule has 6 nitrogen and oxygen atoms in total. The van der Waals surface area contributed by atoms with Crippen LogP contribution in [0.4, 0.5) is 0 Å². The van der Waals surface area contributed by atoms with E-state index in [0.29, 0.717) is 13.0 Å². The summed E-state index contributed by atoms with van der Waals surface area (Å²) >= 11 is 0. The molecule has 0 aliphatic carbocycles. The Labute approximate surface area is 258 Å². The lowest BCUT2D eigenvalue weighted by molar-refractivity contribution is -0.148. The maximum Gasteiger partial charge on any atom is 0.325 e. The number of primary amides is 1. The van der Waals surface area contributed by atoms with Gasteiger partial charge in [0, 0.05) is 5.92 Å². The standard InChI is InChI=1S/C29H49NO2.C7H15NO2/c1-4-6-7-8-9-10-11-12-13-14-15-16-17-21-24-29(25(3)31,28(30)32)27(5-2)26-22-19-18-20-23-26;1-4-5-10-6(9)7(2,3)8/h18-20,22-23,27H,4-17,21,24H2,1-3H3,(H2,30,32);4-5,8H2,1-3H3. The second-order valence-electron chi connectivity index (χ2n) is 12.5. The molecule has 0 aliphatic rings. The van der Waals surface area contributed by atoms with Crippen LogP contribution in [0.1, 0.15) is 162 Å². The van der Waals surface area contributed by atoms with Crippen LogP contribution in [0, 0.1) is 5.41 Å². The summed E-state index contributed by atoms with van der Waals surface area (Å²) in [5.74, 6) is -1.04. The van der Waals surface area contributed by atoms with Gasteiger partial charge in [0.05, 0.1) is 6.61 Å². The zero-order valence-electron chi connectivity index (χ0n) is 28.0. The van der Waals surface area contributed by atoms with Gasteiger partial charge in [-0.1, -0.05) is 141 Å². The van der Waals surface area contributed by atoms with E-state index in [1.54, 1.807) is 20.8 Å². The Morgan fingerprint density at radius 3 is 1.55 bits per heavy atom. The lowest BCUT2D eigenvalue weighted by atomic mass is 9.65. The third-order valence-corrected chi connectivity index (χ3v) is 8.16. The highest BCUT2D eigenvalue weighted by molar-refractivity contribution is 6.05. The first-order valence-corrected chi connectivity index (χ1v) is 16.8. The van der Waals surface area contributed by atoms with Gasteiger partial charge in [-0.25, -0.2) is 0 Å². The van der Waals surface area contributed by atoms with Crippen molar-refractivity contribution in [2.75, 3.05) is 6.61 Å². The van der Waals surface area contributed by atoms with Crippen molar-refractivity contribution in [1.29, 1.82) is 0 Å². The molecule has 242 valence electrons. The molecule has 1 aromatic carbocycles. The molecule has 6 heteroatoms. The second-order valence-corrected chi connectivity index (χ2v) is 12.5. The van der Waals surface area contributed by atoms with Crippen molar-refractivity contribution in [3.63, 3.8) is 0 Å². The van der Waals surface area contributed by atoms with Gasteiger partial charge >= 0.3 is 5.97 Å². The highest BCUT2D eigenvalue weighted by Crippen LogP contribution is 2.43. The van der Waals surface area contributed by atoms with Crippen LogP contribution in [0.2, 0.25) is 0 Å². The average molecular weight is 589 g/mol. The summed E-state index contributed by atoms with van der Waals surface area (Å²) < 4.78 is 4.79. The van der Waals surface area contributed by atoms with Gasteiger partial charge in [0.1, 0.15) is 16.7 Å². The number of esters is 1. The van der Waals surface area contributed by atoms with E-state index >= 15 is 0 Å². The van der Waals surface area contributed by atoms with Crippen LogP contribution >= 0.6 is 0 Å². The van der Waals surface area contributed by atoms with E-state index in [4.69, 9.17) is 16.2 Å². The molecule has 0 aromatic heterocycles. The second kappa shape index (κ2) is 23.3. The molecular weight excluding hydrogens is 524 g/mol. The fourth-order valence-electron chi connectivity index (χ4n) is 5.60. The summed E-state index contributed by atoms with van der Waals surface area (Å²) in [5.41, 5.74) is 10.4. The van der Waals surface area contributed by atoms with E-state index in [1.165, 1.54) is 77.0 Å². The largest absolute Gasteiger partial charge is 0.464 e. The lowest BCUT2D eigenvalue weighted by Crippen LogP contribution is -2.47. The fraction of sp³-hybridized carbons (Fsp3) is 0.750. The van der Waals surface area contributed by atoms with Crippen molar-refractivity contribution < 1.29 is 19.1 Å². The molecule has 0 aliphatic heterocycles. The zero-order valence-corrected chi connectivity index (χ0v) is 28.0. The number of benzene rings is 1. The van der Waals surface area contributed by atoms with Crippen molar-refractivity contribution in [3.8, 4) is 0 Å². The molecule has 0 bridgehead atoms. The van der Waals surface area contributed by atoms with Crippen LogP contribution in [0.3, 0.4) is 0 Å². The number of rotatable bonds is 23. The number of amides is 1. The molecule has 1 aromatic rings. The first kappa shape index (κ1) is 39.8. The Morgan fingerprint density at radius 2 is 1.19 bits per heavy atom. The third-order valence-electron chi connectivity index (χ3n) is 8.16. The van der Waals surface area contributed by atoms with Crippen LogP contribution in [0.25, 0.3) is 0 Å². The Balaban J connectivity index is 0.00000143. The van der Waals surface area contributed by atoms with E-state index in [1.807, 2.05) is 44.2 Å². The highest BCUT2D eigenvalue weighted by Gasteiger charge is 2.47. The average Bonchev–Trinajstić information content (AvgIpc) is 2.95. The van der Waals surface area contributed by atoms with Crippen LogP contribution < -0.4 is 11.5 Å². The Hall–Kier alpha value is -2.21. The Kier molecular flexibility index (Phi) is 22.0. The predicted molar refractivity (Wildman–Crippen MR) is 176 cm³/mol. The van der Waals surface area contributed by atoms with Crippen molar-refractivity contribution in [2.24, 2.45) is 16.9 Å². The number of hydrogen-bond donors (Lipinski definition) is 2. The highest BCUT2D eigenvalue weighted by atomic mass is 16.5. The van der Waals surface area contributed by atoms with Crippen molar-refractivity contribution in [3.05, 3.63) is 35.9 Å². The molecule has 0 heterocycles. The molecule has 0 saturated heterocycles. The number of Topliss-reactive ketones (excluding diaryl/α,β-unsaturated/α-hetero) is 1. The number of hydrogen-bond acceptors (Lipinski definition) is 5. The monoisotopic (exact) mass is 588 g/mol. The minimum atomic E-state index is -1.09. The van der Waals surface area contributed by atoms with Crippen LogP contribution in [-0.4, -0.2) is 29.8 Å². The minimum Gasteiger partial charge on any atom is -0.464 e. The minimum absolute atomic E-state index is 0.0876. The van der Waals surface area contributed by atoms with Crippen LogP contribution in [0.5, 0.6) is 0 Å². The first-order valence-electron chi connectivity index (χ1n) is 16.8. The van der Waals surface area contributed by atoms with Crippen LogP contribution in [0.15, 0.2) is 30.3 Å². The van der Waals surface area contributed by atoms with E-state index in [0.717, 1.165) is 31.2 Å². The number of carbonyl (C=O) groups is 3. The number of ketones is 1. The number of unbranched alkanes of at least 4 members (excludes halogenated alkanes) is 13. The lowest BCUT2D eigenvalue weighted by Gasteiger charge is -2.36. The molecule has 0 fully saturated rings. The molecule has 2 atom stereocenters. The number of ether oxygens (including phenoxy) is 1. The number of carbonyl (C=O) groups excluding carboxylic acids is 3. The van der Waals surface area contributed by atoms with Gasteiger partial charge in [-0.2, -0.15) is 0 Å². The third kappa shape index (κ3) is 15.9. The molecule has 0 saturated carbocycles. The van der Waals surface area contributed by atoms with E-state index in [9.17, 15) is 14.4 Å². The SMILES string of the molecule is CCCCCCCCCCCCCCCCC(C(C)=O)(C(N)=O)C(CC)c1ccccc1.CCCOC(=O)C(C)(C)N. The van der Waals surface area contributed by atoms with Crippen molar-refractivity contribution in [2.45, 2.75) is 162 Å². The fourth-order valence-corrected chi connectivity index (χ4v) is 5.60. The molecule has 4 N–H and O–H groups in total. The summed E-state index contributed by atoms with van der Waals surface area (Å²) in [6.45, 7) is 11.5. The Morgan fingerprint density at radius 1 is 0.738 bits per heavy atom. The summed E-state index contributed by atoms with van der Waals surface area (Å²) in [4.78, 5) is 36.2. The van der Waals surface area contributed by atoms with E-state index in [2.05, 4.69) is 6.92 Å². The topological polar surface area (TPSA) is 112 Å². The van der Waals surface area contributed by atoms with Gasteiger partial charge in [-0.15, -0.1) is 0 Å². The Bertz CT molecular complexity index is 834. The van der Waals surface area contributed by atoms with Gasteiger partial charge in [-0.3, -0.25) is 14.4 Å². The van der Waals surface area contributed by atoms with Gasteiger partial charge < -0.3 is 16.2 Å². The predicted octanol–water partition coefficient (Wildman–Crippen LogP) is 8.79. The quantitative estimate of drug-likeness (QED) is 0.0753. The first-order chi connectivity index (χ1) is 20.0. The van der Waals surface area contributed by atoms with E-state index in [-0.39, 0.29) is 17.7 Å². The maximum absolute atomic E-state index is 12.7. The molecule has 0 radical (unpaired) electrons. The smallest absolute Gasteiger partial charge is 0.325 e. The molecule has 1 rings (SSSR count). The normalized spacial score (nSPS) is 13.4. The molecular formula is C36H64N2O4. The summed E-state index contributed by atoms with van der Waals surface area (Å²) in [7, 11) is 0. The zero-order chi connectivity index (χ0) is 31.9. The van der Waals surface area contributed by atoms with Crippen LogP contribution in [-0.2, 0) is 19.1 Å². The maximum atomic E-state index is 12.7. The summed E-state index contributed by atoms with van der Waals surface area (Å²) in [5, 5.41) is 0. The molecule has 2 unspecified atom stereocenters. The van der Waals surface area contributed by atoms with Gasteiger partial charge in [-0.05, 0) is 45.6 Å². The van der Waals surface area contributed by atoms with Crippen molar-refractivity contribution in [1.82, 2.24) is 0 Å². The summed E-state index contributed by atoms with van der Waals surface area (Å²) in [6, 6.07) is 9.93. The molecule has 0 spiro atoms. The van der Waals surface area contributed by atoms with Crippen molar-refractivity contribution >= 4 is 17.7 Å².